The minimum Gasteiger partial charge on any atom is -0.490 e. The van der Waals surface area contributed by atoms with Crippen molar-refractivity contribution in [2.24, 2.45) is 0 Å². The van der Waals surface area contributed by atoms with E-state index < -0.39 is 0 Å². The number of benzene rings is 3. The van der Waals surface area contributed by atoms with Gasteiger partial charge in [0.15, 0.2) is 16.5 Å². The van der Waals surface area contributed by atoms with Gasteiger partial charge in [0.05, 0.1) is 22.2 Å². The van der Waals surface area contributed by atoms with Crippen LogP contribution in [0.15, 0.2) is 65.5 Å². The highest BCUT2D eigenvalue weighted by Gasteiger charge is 2.11. The summed E-state index contributed by atoms with van der Waals surface area (Å²) in [6, 6.07) is 18.8. The van der Waals surface area contributed by atoms with Gasteiger partial charge in [-0.05, 0) is 73.5 Å². The quantitative estimate of drug-likeness (QED) is 0.268. The highest BCUT2D eigenvalue weighted by molar-refractivity contribution is 7.15. The summed E-state index contributed by atoms with van der Waals surface area (Å²) in [5.74, 6) is 1.98. The van der Waals surface area contributed by atoms with Crippen molar-refractivity contribution in [2.45, 2.75) is 13.8 Å². The molecular formula is C27H23ClN2O4S. The van der Waals surface area contributed by atoms with Crippen LogP contribution in [0.1, 0.15) is 18.1 Å². The lowest BCUT2D eigenvalue weighted by Gasteiger charge is -2.13. The molecule has 6 nitrogen and oxygen atoms in total. The molecule has 0 aliphatic rings. The molecule has 0 atom stereocenters. The van der Waals surface area contributed by atoms with Crippen LogP contribution in [0, 0.1) is 6.92 Å². The Kier molecular flexibility index (Phi) is 6.61. The lowest BCUT2D eigenvalue weighted by atomic mass is 10.2. The molecule has 0 radical (unpaired) electrons. The fourth-order valence-corrected chi connectivity index (χ4v) is 4.89. The number of para-hydroxylation sites is 2. The summed E-state index contributed by atoms with van der Waals surface area (Å²) < 4.78 is 19.7. The number of imidazole rings is 1. The van der Waals surface area contributed by atoms with Crippen molar-refractivity contribution < 1.29 is 14.2 Å². The second kappa shape index (κ2) is 9.98. The number of hydrogen-bond donors (Lipinski definition) is 0. The molecule has 0 fully saturated rings. The van der Waals surface area contributed by atoms with Crippen LogP contribution in [-0.2, 0) is 0 Å². The lowest BCUT2D eigenvalue weighted by Crippen LogP contribution is -2.22. The van der Waals surface area contributed by atoms with Gasteiger partial charge in [-0.15, -0.1) is 0 Å². The number of rotatable bonds is 8. The summed E-state index contributed by atoms with van der Waals surface area (Å²) in [5.41, 5.74) is 3.37. The minimum atomic E-state index is -0.0772. The van der Waals surface area contributed by atoms with Crippen molar-refractivity contribution in [3.05, 3.63) is 91.7 Å². The maximum absolute atomic E-state index is 13.0. The van der Waals surface area contributed by atoms with Gasteiger partial charge in [0.2, 0.25) is 0 Å². The van der Waals surface area contributed by atoms with Crippen LogP contribution in [0.3, 0.4) is 0 Å². The van der Waals surface area contributed by atoms with Crippen molar-refractivity contribution in [3.63, 3.8) is 0 Å². The number of halogens is 1. The Labute approximate surface area is 211 Å². The van der Waals surface area contributed by atoms with E-state index in [9.17, 15) is 4.79 Å². The Bertz CT molecular complexity index is 1630. The first-order valence-electron chi connectivity index (χ1n) is 11.2. The average Bonchev–Trinajstić information content (AvgIpc) is 3.36. The molecule has 0 unspecified atom stereocenters. The van der Waals surface area contributed by atoms with E-state index in [-0.39, 0.29) is 5.56 Å². The third kappa shape index (κ3) is 4.83. The Morgan fingerprint density at radius 1 is 1.00 bits per heavy atom. The number of aryl methyl sites for hydroxylation is 1. The van der Waals surface area contributed by atoms with Crippen LogP contribution in [-0.4, -0.2) is 29.2 Å². The van der Waals surface area contributed by atoms with Crippen LogP contribution >= 0.6 is 22.9 Å². The summed E-state index contributed by atoms with van der Waals surface area (Å²) in [5, 5.41) is 0.709. The Morgan fingerprint density at radius 3 is 2.66 bits per heavy atom. The zero-order valence-corrected chi connectivity index (χ0v) is 20.9. The smallest absolute Gasteiger partial charge is 0.274 e. The van der Waals surface area contributed by atoms with Gasteiger partial charge in [0.1, 0.15) is 19.0 Å². The van der Waals surface area contributed by atoms with Crippen LogP contribution in [0.4, 0.5) is 0 Å². The number of fused-ring (bicyclic) bond motifs is 3. The number of ether oxygens (including phenoxy) is 3. The number of nitrogens with zero attached hydrogens (tertiary/aromatic N) is 2. The van der Waals surface area contributed by atoms with E-state index >= 15 is 0 Å². The van der Waals surface area contributed by atoms with Gasteiger partial charge in [-0.25, -0.2) is 9.38 Å². The highest BCUT2D eigenvalue weighted by Crippen LogP contribution is 2.29. The van der Waals surface area contributed by atoms with E-state index in [1.54, 1.807) is 4.40 Å². The van der Waals surface area contributed by atoms with Gasteiger partial charge in [0.25, 0.3) is 5.56 Å². The summed E-state index contributed by atoms with van der Waals surface area (Å²) in [6.45, 7) is 5.08. The largest absolute Gasteiger partial charge is 0.490 e. The Hall–Kier alpha value is -3.55. The third-order valence-corrected chi connectivity index (χ3v) is 6.84. The molecule has 2 heterocycles. The lowest BCUT2D eigenvalue weighted by molar-refractivity contribution is 0.208. The van der Waals surface area contributed by atoms with Crippen LogP contribution in [0.5, 0.6) is 17.2 Å². The van der Waals surface area contributed by atoms with Crippen molar-refractivity contribution in [3.8, 4) is 17.2 Å². The van der Waals surface area contributed by atoms with Gasteiger partial charge in [-0.1, -0.05) is 41.1 Å². The first-order valence-corrected chi connectivity index (χ1v) is 12.4. The maximum Gasteiger partial charge on any atom is 0.274 e. The molecule has 0 spiro atoms. The maximum atomic E-state index is 13.0. The predicted molar refractivity (Wildman–Crippen MR) is 140 cm³/mol. The van der Waals surface area contributed by atoms with Gasteiger partial charge in [-0.2, -0.15) is 0 Å². The molecule has 35 heavy (non-hydrogen) atoms. The second-order valence-electron chi connectivity index (χ2n) is 7.88. The fourth-order valence-electron chi connectivity index (χ4n) is 3.78. The van der Waals surface area contributed by atoms with E-state index in [2.05, 4.69) is 4.98 Å². The first kappa shape index (κ1) is 23.2. The summed E-state index contributed by atoms with van der Waals surface area (Å²) in [6.07, 6.45) is 1.86. The zero-order valence-electron chi connectivity index (χ0n) is 19.3. The molecule has 2 aromatic heterocycles. The van der Waals surface area contributed by atoms with E-state index in [1.807, 2.05) is 80.6 Å². The van der Waals surface area contributed by atoms with Gasteiger partial charge >= 0.3 is 0 Å². The van der Waals surface area contributed by atoms with Crippen molar-refractivity contribution in [1.29, 1.82) is 0 Å². The summed E-state index contributed by atoms with van der Waals surface area (Å²) in [4.78, 5) is 18.3. The van der Waals surface area contributed by atoms with E-state index in [0.29, 0.717) is 45.8 Å². The normalized spacial score (nSPS) is 11.9. The number of aromatic nitrogens is 2. The molecule has 178 valence electrons. The summed E-state index contributed by atoms with van der Waals surface area (Å²) >= 11 is 7.43. The third-order valence-electron chi connectivity index (χ3n) is 5.45. The predicted octanol–water partition coefficient (Wildman–Crippen LogP) is 5.28. The van der Waals surface area contributed by atoms with E-state index in [1.165, 1.54) is 11.3 Å². The molecule has 5 rings (SSSR count). The van der Waals surface area contributed by atoms with E-state index in [4.69, 9.17) is 25.8 Å². The number of thiazole rings is 1. The zero-order chi connectivity index (χ0) is 24.4. The minimum absolute atomic E-state index is 0.0772. The van der Waals surface area contributed by atoms with Crippen LogP contribution < -0.4 is 24.3 Å². The Morgan fingerprint density at radius 2 is 1.83 bits per heavy atom. The van der Waals surface area contributed by atoms with Crippen LogP contribution in [0.2, 0.25) is 5.02 Å². The molecule has 0 bridgehead atoms. The number of hydrogen-bond acceptors (Lipinski definition) is 6. The Balaban J connectivity index is 1.34. The van der Waals surface area contributed by atoms with Crippen molar-refractivity contribution in [1.82, 2.24) is 9.38 Å². The molecule has 5 aromatic rings. The molecule has 3 aromatic carbocycles. The molecule has 0 aliphatic heterocycles. The summed E-state index contributed by atoms with van der Waals surface area (Å²) in [7, 11) is 0. The average molecular weight is 507 g/mol. The molecule has 0 N–H and O–H groups in total. The highest BCUT2D eigenvalue weighted by atomic mass is 35.5. The molecule has 0 saturated heterocycles. The van der Waals surface area contributed by atoms with Crippen molar-refractivity contribution >= 4 is 45.0 Å². The first-order chi connectivity index (χ1) is 17.0. The fraction of sp³-hybridized carbons (Fsp3) is 0.185. The van der Waals surface area contributed by atoms with Gasteiger partial charge < -0.3 is 14.2 Å². The molecule has 0 saturated carbocycles. The van der Waals surface area contributed by atoms with Crippen molar-refractivity contribution in [2.75, 3.05) is 19.8 Å². The second-order valence-corrected chi connectivity index (χ2v) is 9.30. The van der Waals surface area contributed by atoms with Crippen LogP contribution in [0.25, 0.3) is 22.1 Å². The standard InChI is InChI=1S/C27H23ClN2O4S/c1-3-32-24-15-18(8-11-23(24)34-13-12-33-19-9-10-20(28)17(2)14-19)16-25-26(31)30-22-7-5-4-6-21(22)29-27(30)35-25/h4-11,14-16H,3,12-13H2,1-2H3/b25-16-. The molecule has 8 heteroatoms. The topological polar surface area (TPSA) is 62.1 Å². The molecule has 0 aliphatic carbocycles. The SMILES string of the molecule is CCOc1cc(/C=c2\sc3nc4ccccc4n3c2=O)ccc1OCCOc1ccc(Cl)c(C)c1. The molecular weight excluding hydrogens is 484 g/mol. The monoisotopic (exact) mass is 506 g/mol. The molecule has 0 amide bonds. The van der Waals surface area contributed by atoms with Gasteiger partial charge in [0, 0.05) is 5.02 Å². The van der Waals surface area contributed by atoms with E-state index in [0.717, 1.165) is 27.9 Å². The van der Waals surface area contributed by atoms with Gasteiger partial charge in [-0.3, -0.25) is 4.79 Å².